The molecule has 2 aromatic carbocycles. The molecule has 1 amide bonds. The maximum Gasteiger partial charge on any atom is 0.305 e. The Balaban J connectivity index is 2.22. The fraction of sp³-hybridized carbons (Fsp3) is 0.150. The average Bonchev–Trinajstić information content (AvgIpc) is 2.66. The van der Waals surface area contributed by atoms with Crippen molar-refractivity contribution >= 4 is 17.6 Å². The van der Waals surface area contributed by atoms with Crippen molar-refractivity contribution in [1.82, 2.24) is 5.32 Å². The summed E-state index contributed by atoms with van der Waals surface area (Å²) in [6.07, 6.45) is 1.29. The van der Waals surface area contributed by atoms with Gasteiger partial charge < -0.3 is 15.3 Å². The Kier molecular flexibility index (Phi) is 6.95. The van der Waals surface area contributed by atoms with Crippen molar-refractivity contribution in [3.63, 3.8) is 0 Å². The second-order valence-corrected chi connectivity index (χ2v) is 5.50. The fourth-order valence-electron chi connectivity index (χ4n) is 2.28. The number of hydrogen-bond donors (Lipinski definition) is 2. The van der Waals surface area contributed by atoms with Crippen LogP contribution in [0.3, 0.4) is 0 Å². The Hall–Kier alpha value is -3.59. The van der Waals surface area contributed by atoms with Crippen molar-refractivity contribution in [3.8, 4) is 6.07 Å². The number of amides is 1. The maximum atomic E-state index is 12.2. The van der Waals surface area contributed by atoms with Gasteiger partial charge in [0.15, 0.2) is 0 Å². The van der Waals surface area contributed by atoms with Crippen molar-refractivity contribution in [2.75, 3.05) is 11.4 Å². The van der Waals surface area contributed by atoms with Crippen molar-refractivity contribution in [2.24, 2.45) is 0 Å². The quantitative estimate of drug-likeness (QED) is 0.564. The summed E-state index contributed by atoms with van der Waals surface area (Å²) in [4.78, 5) is 24.5. The number of aliphatic carboxylic acids is 1. The third-order valence-electron chi connectivity index (χ3n) is 3.56. The van der Waals surface area contributed by atoms with E-state index >= 15 is 0 Å². The van der Waals surface area contributed by atoms with E-state index in [2.05, 4.69) is 5.32 Å². The van der Waals surface area contributed by atoms with Crippen LogP contribution in [0.2, 0.25) is 0 Å². The summed E-state index contributed by atoms with van der Waals surface area (Å²) in [6.45, 7) is 0.454. The summed E-state index contributed by atoms with van der Waals surface area (Å²) in [5.74, 6) is -1.61. The molecule has 132 valence electrons. The highest BCUT2D eigenvalue weighted by atomic mass is 16.4. The summed E-state index contributed by atoms with van der Waals surface area (Å²) in [5, 5.41) is 20.4. The van der Waals surface area contributed by atoms with Crippen LogP contribution in [0.4, 0.5) is 5.69 Å². The smallest absolute Gasteiger partial charge is 0.305 e. The van der Waals surface area contributed by atoms with Crippen molar-refractivity contribution in [1.29, 1.82) is 5.26 Å². The largest absolute Gasteiger partial charge is 0.481 e. The molecule has 0 atom stereocenters. The van der Waals surface area contributed by atoms with E-state index in [0.29, 0.717) is 6.54 Å². The zero-order valence-corrected chi connectivity index (χ0v) is 14.1. The van der Waals surface area contributed by atoms with Crippen LogP contribution in [0.5, 0.6) is 0 Å². The maximum absolute atomic E-state index is 12.2. The van der Waals surface area contributed by atoms with Gasteiger partial charge in [0.2, 0.25) is 0 Å². The van der Waals surface area contributed by atoms with Crippen molar-refractivity contribution in [3.05, 3.63) is 78.0 Å². The van der Waals surface area contributed by atoms with Gasteiger partial charge in [-0.15, -0.1) is 0 Å². The molecule has 0 aliphatic carbocycles. The summed E-state index contributed by atoms with van der Waals surface area (Å²) in [7, 11) is 0. The minimum absolute atomic E-state index is 0.0305. The van der Waals surface area contributed by atoms with Crippen LogP contribution in [-0.2, 0) is 16.1 Å². The van der Waals surface area contributed by atoms with Crippen LogP contribution in [0.25, 0.3) is 0 Å². The average molecular weight is 349 g/mol. The minimum Gasteiger partial charge on any atom is -0.481 e. The number of carboxylic acids is 1. The predicted octanol–water partition coefficient (Wildman–Crippen LogP) is 2.69. The first-order chi connectivity index (χ1) is 12.6. The van der Waals surface area contributed by atoms with Gasteiger partial charge in [0.1, 0.15) is 11.6 Å². The van der Waals surface area contributed by atoms with E-state index in [-0.39, 0.29) is 18.5 Å². The van der Waals surface area contributed by atoms with Crippen LogP contribution in [0.15, 0.2) is 72.4 Å². The molecule has 0 saturated heterocycles. The molecule has 0 aliphatic rings. The van der Waals surface area contributed by atoms with Gasteiger partial charge in [0.05, 0.1) is 6.42 Å². The van der Waals surface area contributed by atoms with E-state index in [0.717, 1.165) is 11.3 Å². The van der Waals surface area contributed by atoms with Gasteiger partial charge in [-0.05, 0) is 17.7 Å². The molecule has 0 bridgehead atoms. The van der Waals surface area contributed by atoms with E-state index in [1.807, 2.05) is 71.6 Å². The first-order valence-electron chi connectivity index (χ1n) is 8.07. The topological polar surface area (TPSA) is 93.4 Å². The van der Waals surface area contributed by atoms with Gasteiger partial charge in [0.25, 0.3) is 5.91 Å². The Morgan fingerprint density at radius 2 is 1.69 bits per heavy atom. The van der Waals surface area contributed by atoms with Crippen LogP contribution in [0, 0.1) is 11.3 Å². The highest BCUT2D eigenvalue weighted by molar-refractivity contribution is 5.97. The third-order valence-corrected chi connectivity index (χ3v) is 3.56. The Morgan fingerprint density at radius 1 is 1.08 bits per heavy atom. The van der Waals surface area contributed by atoms with E-state index < -0.39 is 11.9 Å². The number of nitrogens with zero attached hydrogens (tertiary/aromatic N) is 2. The van der Waals surface area contributed by atoms with Gasteiger partial charge in [-0.1, -0.05) is 48.5 Å². The molecule has 0 spiro atoms. The summed E-state index contributed by atoms with van der Waals surface area (Å²) < 4.78 is 0. The molecule has 2 aromatic rings. The van der Waals surface area contributed by atoms with Gasteiger partial charge in [0, 0.05) is 25.0 Å². The molecule has 0 saturated carbocycles. The van der Waals surface area contributed by atoms with E-state index in [1.165, 1.54) is 6.20 Å². The van der Waals surface area contributed by atoms with Crippen LogP contribution >= 0.6 is 0 Å². The number of rotatable bonds is 8. The van der Waals surface area contributed by atoms with Gasteiger partial charge in [-0.25, -0.2) is 0 Å². The van der Waals surface area contributed by atoms with Gasteiger partial charge in [-0.3, -0.25) is 9.59 Å². The highest BCUT2D eigenvalue weighted by Gasteiger charge is 2.13. The van der Waals surface area contributed by atoms with E-state index in [1.54, 1.807) is 0 Å². The molecule has 6 nitrogen and oxygen atoms in total. The van der Waals surface area contributed by atoms with Crippen LogP contribution < -0.4 is 10.2 Å². The molecular formula is C20H19N3O3. The summed E-state index contributed by atoms with van der Waals surface area (Å²) in [6, 6.07) is 21.0. The van der Waals surface area contributed by atoms with Gasteiger partial charge >= 0.3 is 5.97 Å². The molecule has 2 rings (SSSR count). The van der Waals surface area contributed by atoms with Crippen LogP contribution in [-0.4, -0.2) is 23.5 Å². The lowest BCUT2D eigenvalue weighted by atomic mass is 10.2. The number of para-hydroxylation sites is 1. The SMILES string of the molecule is N#C/C(=C/N(Cc1ccccc1)c1ccccc1)C(=O)NCCC(=O)O. The Labute approximate surface area is 152 Å². The van der Waals surface area contributed by atoms with Gasteiger partial charge in [-0.2, -0.15) is 5.26 Å². The molecule has 0 unspecified atom stereocenters. The third kappa shape index (κ3) is 5.80. The van der Waals surface area contributed by atoms with Crippen LogP contribution in [0.1, 0.15) is 12.0 Å². The molecule has 0 aliphatic heterocycles. The fourth-order valence-corrected chi connectivity index (χ4v) is 2.28. The first-order valence-corrected chi connectivity index (χ1v) is 8.07. The summed E-state index contributed by atoms with van der Waals surface area (Å²) in [5.41, 5.74) is 1.77. The lowest BCUT2D eigenvalue weighted by Crippen LogP contribution is -2.28. The number of carboxylic acid groups (broad SMARTS) is 1. The number of nitriles is 1. The number of carbonyl (C=O) groups excluding carboxylic acids is 1. The molecule has 26 heavy (non-hydrogen) atoms. The number of nitrogens with one attached hydrogen (secondary N) is 1. The Morgan fingerprint density at radius 3 is 2.27 bits per heavy atom. The summed E-state index contributed by atoms with van der Waals surface area (Å²) >= 11 is 0. The minimum atomic E-state index is -1.01. The molecular weight excluding hydrogens is 330 g/mol. The zero-order chi connectivity index (χ0) is 18.8. The molecule has 6 heteroatoms. The predicted molar refractivity (Wildman–Crippen MR) is 98.0 cm³/mol. The lowest BCUT2D eigenvalue weighted by Gasteiger charge is -2.21. The number of carbonyl (C=O) groups is 2. The number of benzene rings is 2. The zero-order valence-electron chi connectivity index (χ0n) is 14.1. The van der Waals surface area contributed by atoms with Crippen molar-refractivity contribution in [2.45, 2.75) is 13.0 Å². The standard InChI is InChI=1S/C20H19N3O3/c21-13-17(20(26)22-12-11-19(24)25)15-23(18-9-5-2-6-10-18)14-16-7-3-1-4-8-16/h1-10,15H,11-12,14H2,(H,22,26)(H,24,25)/b17-15-. The molecule has 0 radical (unpaired) electrons. The number of hydrogen-bond acceptors (Lipinski definition) is 4. The molecule has 0 aromatic heterocycles. The Bertz CT molecular complexity index is 811. The second kappa shape index (κ2) is 9.64. The van der Waals surface area contributed by atoms with E-state index in [4.69, 9.17) is 5.11 Å². The number of anilines is 1. The normalized spacial score (nSPS) is 10.7. The molecule has 0 heterocycles. The highest BCUT2D eigenvalue weighted by Crippen LogP contribution is 2.18. The molecule has 0 fully saturated rings. The molecule has 2 N–H and O–H groups in total. The van der Waals surface area contributed by atoms with Crippen molar-refractivity contribution < 1.29 is 14.7 Å². The van der Waals surface area contributed by atoms with E-state index in [9.17, 15) is 14.9 Å². The lowest BCUT2D eigenvalue weighted by molar-refractivity contribution is -0.136. The monoisotopic (exact) mass is 349 g/mol. The second-order valence-electron chi connectivity index (χ2n) is 5.50. The first kappa shape index (κ1) is 18.7.